The molecule has 0 radical (unpaired) electrons. The molecule has 3 rings (SSSR count). The van der Waals surface area contributed by atoms with Crippen molar-refractivity contribution in [3.05, 3.63) is 39.9 Å². The predicted octanol–water partition coefficient (Wildman–Crippen LogP) is 2.45. The highest BCUT2D eigenvalue weighted by molar-refractivity contribution is 8.70. The summed E-state index contributed by atoms with van der Waals surface area (Å²) in [6, 6.07) is 5.32. The Hall–Kier alpha value is -1.41. The Kier molecular flexibility index (Phi) is 3.99. The zero-order valence-corrected chi connectivity index (χ0v) is 12.6. The van der Waals surface area contributed by atoms with Gasteiger partial charge in [-0.2, -0.15) is 0 Å². The van der Waals surface area contributed by atoms with E-state index in [4.69, 9.17) is 4.74 Å². The summed E-state index contributed by atoms with van der Waals surface area (Å²) in [6.45, 7) is 0. The molecule has 2 bridgehead atoms. The number of esters is 1. The predicted molar refractivity (Wildman–Crippen MR) is 79.5 cm³/mol. The molecule has 4 unspecified atom stereocenters. The Bertz CT molecular complexity index is 603. The van der Waals surface area contributed by atoms with Crippen LogP contribution in [0, 0.1) is 10.1 Å². The molecule has 2 aliphatic rings. The lowest BCUT2D eigenvalue weighted by atomic mass is 9.96. The molecule has 0 spiro atoms. The minimum absolute atomic E-state index is 0.0686. The van der Waals surface area contributed by atoms with Crippen molar-refractivity contribution in [3.8, 4) is 0 Å². The molecule has 21 heavy (non-hydrogen) atoms. The number of fused-ring (bicyclic) bond motifs is 2. The normalized spacial score (nSPS) is 30.9. The first-order valence-electron chi connectivity index (χ1n) is 6.59. The molecular formula is C13H13NO5S2. The van der Waals surface area contributed by atoms with Crippen molar-refractivity contribution in [1.82, 2.24) is 0 Å². The topological polar surface area (TPSA) is 86.5 Å². The molecule has 0 aromatic heterocycles. The maximum Gasteiger partial charge on any atom is 0.338 e. The summed E-state index contributed by atoms with van der Waals surface area (Å²) in [4.78, 5) is 22.2. The Morgan fingerprint density at radius 2 is 2.05 bits per heavy atom. The molecule has 1 aromatic carbocycles. The quantitative estimate of drug-likeness (QED) is 0.367. The molecule has 1 saturated carbocycles. The van der Waals surface area contributed by atoms with Gasteiger partial charge < -0.3 is 4.74 Å². The smallest absolute Gasteiger partial charge is 0.338 e. The fourth-order valence-corrected chi connectivity index (χ4v) is 6.97. The van der Waals surface area contributed by atoms with E-state index in [2.05, 4.69) is 0 Å². The number of benzene rings is 1. The van der Waals surface area contributed by atoms with Gasteiger partial charge in [0.15, 0.2) is 0 Å². The van der Waals surface area contributed by atoms with Crippen molar-refractivity contribution in [2.45, 2.75) is 35.9 Å². The molecule has 0 amide bonds. The average Bonchev–Trinajstić information content (AvgIpc) is 2.65. The number of nitro benzene ring substituents is 1. The number of carbonyl (C=O) groups is 1. The Morgan fingerprint density at radius 1 is 1.33 bits per heavy atom. The van der Waals surface area contributed by atoms with Crippen LogP contribution in [0.5, 0.6) is 0 Å². The van der Waals surface area contributed by atoms with Crippen molar-refractivity contribution >= 4 is 32.3 Å². The largest absolute Gasteiger partial charge is 0.456 e. The maximum atomic E-state index is 12.1. The van der Waals surface area contributed by atoms with E-state index in [-0.39, 0.29) is 27.9 Å². The van der Waals surface area contributed by atoms with Crippen LogP contribution in [0.4, 0.5) is 5.69 Å². The maximum absolute atomic E-state index is 12.1. The number of ether oxygens (including phenoxy) is 1. The molecule has 1 aliphatic carbocycles. The van der Waals surface area contributed by atoms with Crippen LogP contribution < -0.4 is 0 Å². The lowest BCUT2D eigenvalue weighted by Gasteiger charge is -2.26. The van der Waals surface area contributed by atoms with Crippen LogP contribution in [-0.4, -0.2) is 31.7 Å². The number of hydrogen-bond acceptors (Lipinski definition) is 6. The minimum Gasteiger partial charge on any atom is -0.456 e. The molecule has 1 saturated heterocycles. The minimum atomic E-state index is -0.991. The zero-order valence-electron chi connectivity index (χ0n) is 11.0. The monoisotopic (exact) mass is 327 g/mol. The van der Waals surface area contributed by atoms with E-state index in [0.717, 1.165) is 19.3 Å². The molecule has 0 N–H and O–H groups in total. The molecule has 112 valence electrons. The van der Waals surface area contributed by atoms with E-state index in [9.17, 15) is 19.1 Å². The molecule has 1 aromatic rings. The summed E-state index contributed by atoms with van der Waals surface area (Å²) < 4.78 is 17.4. The highest BCUT2D eigenvalue weighted by atomic mass is 33.1. The number of non-ortho nitro benzene ring substituents is 1. The Balaban J connectivity index is 1.72. The summed E-state index contributed by atoms with van der Waals surface area (Å²) in [6.07, 6.45) is 2.42. The van der Waals surface area contributed by atoms with E-state index in [1.807, 2.05) is 0 Å². The van der Waals surface area contributed by atoms with Gasteiger partial charge in [0.1, 0.15) is 6.10 Å². The number of rotatable bonds is 3. The first-order valence-corrected chi connectivity index (χ1v) is 9.20. The third kappa shape index (κ3) is 2.82. The van der Waals surface area contributed by atoms with Gasteiger partial charge in [0.2, 0.25) is 0 Å². The van der Waals surface area contributed by atoms with Crippen LogP contribution in [0.25, 0.3) is 0 Å². The molecular weight excluding hydrogens is 314 g/mol. The van der Waals surface area contributed by atoms with Crippen molar-refractivity contribution in [2.75, 3.05) is 0 Å². The average molecular weight is 327 g/mol. The highest BCUT2D eigenvalue weighted by Crippen LogP contribution is 2.44. The van der Waals surface area contributed by atoms with Gasteiger partial charge in [-0.3, -0.25) is 10.1 Å². The molecule has 1 heterocycles. The van der Waals surface area contributed by atoms with Gasteiger partial charge in [-0.25, -0.2) is 9.00 Å². The van der Waals surface area contributed by atoms with Gasteiger partial charge in [0.05, 0.1) is 30.8 Å². The van der Waals surface area contributed by atoms with E-state index < -0.39 is 20.7 Å². The molecule has 8 heteroatoms. The van der Waals surface area contributed by atoms with E-state index >= 15 is 0 Å². The third-order valence-electron chi connectivity index (χ3n) is 3.73. The zero-order chi connectivity index (χ0) is 15.0. The first kappa shape index (κ1) is 14.5. The molecule has 2 fully saturated rings. The fraction of sp³-hybridized carbons (Fsp3) is 0.462. The molecule has 1 aliphatic heterocycles. The van der Waals surface area contributed by atoms with Gasteiger partial charge >= 0.3 is 5.97 Å². The second-order valence-electron chi connectivity index (χ2n) is 5.04. The van der Waals surface area contributed by atoms with E-state index in [1.165, 1.54) is 35.1 Å². The van der Waals surface area contributed by atoms with Gasteiger partial charge in [-0.15, -0.1) is 0 Å². The van der Waals surface area contributed by atoms with Crippen molar-refractivity contribution < 1.29 is 18.7 Å². The third-order valence-corrected chi connectivity index (χ3v) is 7.72. The van der Waals surface area contributed by atoms with Crippen LogP contribution in [0.1, 0.15) is 29.6 Å². The number of carbonyl (C=O) groups excluding carboxylic acids is 1. The van der Waals surface area contributed by atoms with E-state index in [0.29, 0.717) is 0 Å². The summed E-state index contributed by atoms with van der Waals surface area (Å²) >= 11 is 0. The van der Waals surface area contributed by atoms with Crippen LogP contribution in [0.3, 0.4) is 0 Å². The fourth-order valence-electron chi connectivity index (χ4n) is 2.65. The van der Waals surface area contributed by atoms with Crippen LogP contribution >= 0.6 is 10.8 Å². The van der Waals surface area contributed by atoms with Crippen molar-refractivity contribution in [1.29, 1.82) is 0 Å². The summed E-state index contributed by atoms with van der Waals surface area (Å²) in [5.74, 6) is -0.508. The summed E-state index contributed by atoms with van der Waals surface area (Å²) in [5.41, 5.74) is 0.210. The standard InChI is InChI=1S/C13H13NO5S2/c15-13(8-4-6-9(7-5-8)14(16)17)19-12-10-2-1-3-11(12)21(18)20-10/h4-7,10-12H,1-3H2. The lowest BCUT2D eigenvalue weighted by Crippen LogP contribution is -2.38. The highest BCUT2D eigenvalue weighted by Gasteiger charge is 2.47. The van der Waals surface area contributed by atoms with Crippen LogP contribution in [-0.2, 0) is 14.6 Å². The van der Waals surface area contributed by atoms with Gasteiger partial charge in [-0.05, 0) is 25.0 Å². The van der Waals surface area contributed by atoms with E-state index in [1.54, 1.807) is 0 Å². The second kappa shape index (κ2) is 5.76. The second-order valence-corrected chi connectivity index (χ2v) is 8.53. The lowest BCUT2D eigenvalue weighted by molar-refractivity contribution is -0.384. The van der Waals surface area contributed by atoms with Crippen LogP contribution in [0.15, 0.2) is 24.3 Å². The number of nitrogens with zero attached hydrogens (tertiary/aromatic N) is 1. The van der Waals surface area contributed by atoms with Gasteiger partial charge in [0, 0.05) is 12.1 Å². The van der Waals surface area contributed by atoms with Crippen LogP contribution in [0.2, 0.25) is 0 Å². The Morgan fingerprint density at radius 3 is 2.67 bits per heavy atom. The SMILES string of the molecule is O=C(OC1C2CCCC1S(=O)S2)c1ccc([N+](=O)[O-])cc1. The summed E-state index contributed by atoms with van der Waals surface area (Å²) in [5, 5.41) is 10.6. The Labute approximate surface area is 127 Å². The number of nitro groups is 1. The molecule has 6 nitrogen and oxygen atoms in total. The number of hydrogen-bond donors (Lipinski definition) is 0. The van der Waals surface area contributed by atoms with Gasteiger partial charge in [-0.1, -0.05) is 17.2 Å². The van der Waals surface area contributed by atoms with Gasteiger partial charge in [0.25, 0.3) is 5.69 Å². The first-order chi connectivity index (χ1) is 10.1. The molecule has 4 atom stereocenters. The van der Waals surface area contributed by atoms with Crippen molar-refractivity contribution in [3.63, 3.8) is 0 Å². The van der Waals surface area contributed by atoms with Crippen molar-refractivity contribution in [2.24, 2.45) is 0 Å². The summed E-state index contributed by atoms with van der Waals surface area (Å²) in [7, 11) is 0.403.